The van der Waals surface area contributed by atoms with Crippen molar-refractivity contribution in [3.8, 4) is 5.75 Å². The number of amides is 3. The van der Waals surface area contributed by atoms with Crippen LogP contribution in [0.2, 0.25) is 0 Å². The molecule has 5 atom stereocenters. The average molecular weight is 495 g/mol. The molecule has 11 nitrogen and oxygen atoms in total. The lowest BCUT2D eigenvalue weighted by molar-refractivity contribution is -0.145. The molecule has 3 amide bonds. The first kappa shape index (κ1) is 29.9. The zero-order valence-electron chi connectivity index (χ0n) is 20.8. The number of hydrogen-bond donors (Lipinski definition) is 7. The molecule has 0 fully saturated rings. The Balaban J connectivity index is 2.92. The van der Waals surface area contributed by atoms with Crippen LogP contribution in [0, 0.1) is 11.8 Å². The zero-order chi connectivity index (χ0) is 26.9. The van der Waals surface area contributed by atoms with E-state index in [1.807, 2.05) is 13.8 Å². The van der Waals surface area contributed by atoms with E-state index in [1.165, 1.54) is 19.1 Å². The number of rotatable bonds is 13. The van der Waals surface area contributed by atoms with Gasteiger partial charge in [-0.2, -0.15) is 0 Å². The Hall–Kier alpha value is -3.18. The fourth-order valence-electron chi connectivity index (χ4n) is 3.38. The topological polar surface area (TPSA) is 191 Å². The van der Waals surface area contributed by atoms with E-state index in [9.17, 15) is 34.5 Å². The number of phenolic OH excluding ortho intramolecular Hbond substituents is 1. The fraction of sp³-hybridized carbons (Fsp3) is 0.583. The Labute approximate surface area is 205 Å². The summed E-state index contributed by atoms with van der Waals surface area (Å²) in [6, 6.07) is 1.69. The van der Waals surface area contributed by atoms with Crippen molar-refractivity contribution >= 4 is 23.7 Å². The monoisotopic (exact) mass is 494 g/mol. The number of carbonyl (C=O) groups excluding carboxylic acids is 3. The summed E-state index contributed by atoms with van der Waals surface area (Å²) < 4.78 is 0. The van der Waals surface area contributed by atoms with Crippen molar-refractivity contribution in [3.05, 3.63) is 29.8 Å². The van der Waals surface area contributed by atoms with Crippen molar-refractivity contribution in [3.63, 3.8) is 0 Å². The van der Waals surface area contributed by atoms with Crippen LogP contribution in [0.3, 0.4) is 0 Å². The van der Waals surface area contributed by atoms with Gasteiger partial charge in [0.1, 0.15) is 17.8 Å². The van der Waals surface area contributed by atoms with Gasteiger partial charge in [0.2, 0.25) is 17.7 Å². The van der Waals surface area contributed by atoms with Crippen LogP contribution < -0.4 is 21.7 Å². The standard InChI is InChI=1S/C24H38N4O7/c1-12(2)10-18(22(32)28-20(14(5)29)24(34)35)26-23(33)19(13(3)4)27-21(31)17(25)11-15-6-8-16(30)9-7-15/h6-9,12-14,17-20,29-30H,10-11,25H2,1-5H3,(H,26,33)(H,27,31)(H,28,32)(H,34,35). The number of aliphatic hydroxyl groups is 1. The Morgan fingerprint density at radius 1 is 0.857 bits per heavy atom. The second-order valence-electron chi connectivity index (χ2n) is 9.46. The number of benzene rings is 1. The normalized spacial score (nSPS) is 15.6. The van der Waals surface area contributed by atoms with Crippen molar-refractivity contribution in [2.24, 2.45) is 17.6 Å². The van der Waals surface area contributed by atoms with Crippen LogP contribution >= 0.6 is 0 Å². The summed E-state index contributed by atoms with van der Waals surface area (Å²) in [5.41, 5.74) is 6.75. The molecule has 0 spiro atoms. The molecule has 1 aromatic carbocycles. The Morgan fingerprint density at radius 3 is 1.86 bits per heavy atom. The number of nitrogens with two attached hydrogens (primary N) is 1. The van der Waals surface area contributed by atoms with E-state index < -0.39 is 54.0 Å². The van der Waals surface area contributed by atoms with Gasteiger partial charge >= 0.3 is 5.97 Å². The first-order chi connectivity index (χ1) is 16.2. The minimum atomic E-state index is -1.53. The Bertz CT molecular complexity index is 871. The minimum absolute atomic E-state index is 0.0216. The molecular formula is C24H38N4O7. The molecule has 0 saturated heterocycles. The van der Waals surface area contributed by atoms with Crippen LogP contribution in [0.1, 0.15) is 46.6 Å². The molecule has 0 heterocycles. The van der Waals surface area contributed by atoms with Crippen molar-refractivity contribution in [2.75, 3.05) is 0 Å². The van der Waals surface area contributed by atoms with E-state index >= 15 is 0 Å². The van der Waals surface area contributed by atoms with Crippen LogP contribution in [0.15, 0.2) is 24.3 Å². The molecule has 0 bridgehead atoms. The predicted molar refractivity (Wildman–Crippen MR) is 129 cm³/mol. The molecule has 5 unspecified atom stereocenters. The number of nitrogens with one attached hydrogen (secondary N) is 3. The highest BCUT2D eigenvalue weighted by Crippen LogP contribution is 2.12. The summed E-state index contributed by atoms with van der Waals surface area (Å²) in [4.78, 5) is 49.8. The highest BCUT2D eigenvalue weighted by atomic mass is 16.4. The lowest BCUT2D eigenvalue weighted by Crippen LogP contribution is -2.59. The summed E-state index contributed by atoms with van der Waals surface area (Å²) in [5.74, 6) is -3.60. The summed E-state index contributed by atoms with van der Waals surface area (Å²) in [6.07, 6.45) is -0.944. The summed E-state index contributed by atoms with van der Waals surface area (Å²) in [7, 11) is 0. The maximum absolute atomic E-state index is 13.0. The van der Waals surface area contributed by atoms with E-state index in [4.69, 9.17) is 5.73 Å². The Kier molecular flexibility index (Phi) is 11.6. The van der Waals surface area contributed by atoms with E-state index in [-0.39, 0.29) is 30.4 Å². The first-order valence-corrected chi connectivity index (χ1v) is 11.6. The summed E-state index contributed by atoms with van der Waals surface area (Å²) >= 11 is 0. The van der Waals surface area contributed by atoms with Crippen LogP contribution in [0.25, 0.3) is 0 Å². The summed E-state index contributed by atoms with van der Waals surface area (Å²) in [6.45, 7) is 8.35. The smallest absolute Gasteiger partial charge is 0.328 e. The molecule has 0 saturated carbocycles. The number of aliphatic hydroxyl groups excluding tert-OH is 1. The van der Waals surface area contributed by atoms with Crippen molar-refractivity contribution in [1.29, 1.82) is 0 Å². The minimum Gasteiger partial charge on any atom is -0.508 e. The van der Waals surface area contributed by atoms with Crippen molar-refractivity contribution in [1.82, 2.24) is 16.0 Å². The molecule has 1 rings (SSSR count). The number of carboxylic acids is 1. The van der Waals surface area contributed by atoms with Gasteiger partial charge in [0, 0.05) is 0 Å². The molecule has 35 heavy (non-hydrogen) atoms. The fourth-order valence-corrected chi connectivity index (χ4v) is 3.38. The molecule has 0 aliphatic heterocycles. The maximum atomic E-state index is 13.0. The van der Waals surface area contributed by atoms with E-state index in [1.54, 1.807) is 26.0 Å². The van der Waals surface area contributed by atoms with E-state index in [0.717, 1.165) is 5.56 Å². The third-order valence-electron chi connectivity index (χ3n) is 5.36. The quantitative estimate of drug-likeness (QED) is 0.197. The first-order valence-electron chi connectivity index (χ1n) is 11.6. The van der Waals surface area contributed by atoms with Crippen molar-refractivity contribution < 1.29 is 34.5 Å². The second kappa shape index (κ2) is 13.6. The van der Waals surface area contributed by atoms with Gasteiger partial charge in [0.15, 0.2) is 6.04 Å². The zero-order valence-corrected chi connectivity index (χ0v) is 20.8. The lowest BCUT2D eigenvalue weighted by Gasteiger charge is -2.28. The number of phenols is 1. The van der Waals surface area contributed by atoms with Gasteiger partial charge < -0.3 is 37.0 Å². The SMILES string of the molecule is CC(C)CC(NC(=O)C(NC(=O)C(N)Cc1ccc(O)cc1)C(C)C)C(=O)NC(C(=O)O)C(C)O. The predicted octanol–water partition coefficient (Wildman–Crippen LogP) is -0.116. The Morgan fingerprint density at radius 2 is 1.40 bits per heavy atom. The van der Waals surface area contributed by atoms with Gasteiger partial charge in [0.25, 0.3) is 0 Å². The molecule has 196 valence electrons. The number of aliphatic carboxylic acids is 1. The van der Waals surface area contributed by atoms with Crippen LogP contribution in [0.5, 0.6) is 5.75 Å². The molecule has 11 heteroatoms. The second-order valence-corrected chi connectivity index (χ2v) is 9.46. The maximum Gasteiger partial charge on any atom is 0.328 e. The lowest BCUT2D eigenvalue weighted by atomic mass is 9.98. The number of aromatic hydroxyl groups is 1. The van der Waals surface area contributed by atoms with Gasteiger partial charge in [-0.05, 0) is 49.3 Å². The third-order valence-corrected chi connectivity index (χ3v) is 5.36. The van der Waals surface area contributed by atoms with Crippen LogP contribution in [-0.4, -0.2) is 69.3 Å². The van der Waals surface area contributed by atoms with Gasteiger partial charge in [-0.15, -0.1) is 0 Å². The van der Waals surface area contributed by atoms with Gasteiger partial charge in [0.05, 0.1) is 12.1 Å². The molecule has 0 aliphatic rings. The molecular weight excluding hydrogens is 456 g/mol. The van der Waals surface area contributed by atoms with Crippen molar-refractivity contribution in [2.45, 2.75) is 77.7 Å². The summed E-state index contributed by atoms with van der Waals surface area (Å²) in [5, 5.41) is 35.8. The molecule has 8 N–H and O–H groups in total. The molecule has 1 aromatic rings. The highest BCUT2D eigenvalue weighted by Gasteiger charge is 2.33. The van der Waals surface area contributed by atoms with Gasteiger partial charge in [-0.3, -0.25) is 14.4 Å². The highest BCUT2D eigenvalue weighted by molar-refractivity contribution is 5.94. The molecule has 0 aromatic heterocycles. The number of carboxylic acid groups (broad SMARTS) is 1. The largest absolute Gasteiger partial charge is 0.508 e. The average Bonchev–Trinajstić information content (AvgIpc) is 2.75. The number of hydrogen-bond acceptors (Lipinski definition) is 7. The molecule has 0 aliphatic carbocycles. The van der Waals surface area contributed by atoms with Gasteiger partial charge in [-0.25, -0.2) is 4.79 Å². The van der Waals surface area contributed by atoms with Gasteiger partial charge in [-0.1, -0.05) is 39.8 Å². The molecule has 0 radical (unpaired) electrons. The third kappa shape index (κ3) is 9.91. The number of carbonyl (C=O) groups is 4. The van der Waals surface area contributed by atoms with E-state index in [0.29, 0.717) is 0 Å². The van der Waals surface area contributed by atoms with Crippen LogP contribution in [0.4, 0.5) is 0 Å². The van der Waals surface area contributed by atoms with E-state index in [2.05, 4.69) is 16.0 Å². The van der Waals surface area contributed by atoms with Crippen LogP contribution in [-0.2, 0) is 25.6 Å².